The number of esters is 4. The Bertz CT molecular complexity index is 1500. The van der Waals surface area contributed by atoms with E-state index in [9.17, 15) is 43.2 Å². The van der Waals surface area contributed by atoms with Crippen molar-refractivity contribution >= 4 is 39.5 Å². The Hall–Kier alpha value is -1.94. The molecule has 0 saturated heterocycles. The van der Waals surface area contributed by atoms with Gasteiger partial charge in [0.15, 0.2) is 12.2 Å². The molecule has 0 aromatic heterocycles. The smallest absolute Gasteiger partial charge is 0.462 e. The van der Waals surface area contributed by atoms with Gasteiger partial charge in [0, 0.05) is 25.7 Å². The molecule has 0 rings (SSSR count). The van der Waals surface area contributed by atoms with Gasteiger partial charge in [-0.1, -0.05) is 240 Å². The van der Waals surface area contributed by atoms with Crippen LogP contribution in [0.15, 0.2) is 0 Å². The third-order valence-electron chi connectivity index (χ3n) is 13.4. The SMILES string of the molecule is CCCCCCCCCCCCCCCCCC(=O)OC[C@H](COP(=O)(O)OC[C@@H](O)COP(=O)(O)OC[C@@H](COC(=O)CCCCC)OC(=O)CCCCCCCCCC)OC(=O)CCCCCCCCCCCCC. The molecule has 19 heteroatoms. The fourth-order valence-electron chi connectivity index (χ4n) is 8.57. The Balaban J connectivity index is 5.09. The summed E-state index contributed by atoms with van der Waals surface area (Å²) in [5, 5.41) is 10.5. The summed E-state index contributed by atoms with van der Waals surface area (Å²) in [4.78, 5) is 71.4. The highest BCUT2D eigenvalue weighted by atomic mass is 31.2. The highest BCUT2D eigenvalue weighted by Gasteiger charge is 2.30. The largest absolute Gasteiger partial charge is 0.472 e. The second kappa shape index (κ2) is 53.4. The molecule has 0 aromatic carbocycles. The van der Waals surface area contributed by atoms with Crippen LogP contribution in [0.3, 0.4) is 0 Å². The predicted molar refractivity (Wildman–Crippen MR) is 303 cm³/mol. The van der Waals surface area contributed by atoms with Gasteiger partial charge < -0.3 is 33.8 Å². The van der Waals surface area contributed by atoms with Crippen molar-refractivity contribution in [2.24, 2.45) is 0 Å². The lowest BCUT2D eigenvalue weighted by Crippen LogP contribution is -2.30. The second-order valence-corrected chi connectivity index (χ2v) is 23.9. The van der Waals surface area contributed by atoms with Crippen LogP contribution in [0.1, 0.15) is 291 Å². The van der Waals surface area contributed by atoms with Crippen LogP contribution in [0.2, 0.25) is 0 Å². The lowest BCUT2D eigenvalue weighted by Gasteiger charge is -2.21. The minimum Gasteiger partial charge on any atom is -0.462 e. The zero-order chi connectivity index (χ0) is 56.9. The summed E-state index contributed by atoms with van der Waals surface area (Å²) in [6.07, 6.45) is 37.0. The second-order valence-electron chi connectivity index (χ2n) is 21.0. The van der Waals surface area contributed by atoms with E-state index < -0.39 is 97.5 Å². The first-order valence-corrected chi connectivity index (χ1v) is 33.8. The Morgan fingerprint density at radius 1 is 0.312 bits per heavy atom. The predicted octanol–water partition coefficient (Wildman–Crippen LogP) is 15.6. The highest BCUT2D eigenvalue weighted by Crippen LogP contribution is 2.45. The number of rotatable bonds is 59. The maximum absolute atomic E-state index is 12.9. The Morgan fingerprint density at radius 2 is 0.519 bits per heavy atom. The summed E-state index contributed by atoms with van der Waals surface area (Å²) < 4.78 is 67.3. The van der Waals surface area contributed by atoms with Crippen molar-refractivity contribution in [1.29, 1.82) is 0 Å². The van der Waals surface area contributed by atoms with Gasteiger partial charge in [0.25, 0.3) is 0 Å². The molecule has 5 atom stereocenters. The molecule has 0 bridgehead atoms. The van der Waals surface area contributed by atoms with E-state index in [0.717, 1.165) is 89.9 Å². The lowest BCUT2D eigenvalue weighted by atomic mass is 10.0. The number of unbranched alkanes of at least 4 members (excludes halogenated alkanes) is 33. The van der Waals surface area contributed by atoms with Crippen LogP contribution in [0.5, 0.6) is 0 Å². The van der Waals surface area contributed by atoms with Crippen LogP contribution in [-0.4, -0.2) is 96.7 Å². The van der Waals surface area contributed by atoms with Gasteiger partial charge in [-0.25, -0.2) is 9.13 Å². The van der Waals surface area contributed by atoms with Crippen LogP contribution in [0.4, 0.5) is 0 Å². The van der Waals surface area contributed by atoms with E-state index in [1.807, 2.05) is 6.92 Å². The Kier molecular flexibility index (Phi) is 52.0. The zero-order valence-electron chi connectivity index (χ0n) is 48.9. The van der Waals surface area contributed by atoms with Crippen molar-refractivity contribution in [2.75, 3.05) is 39.6 Å². The number of aliphatic hydroxyl groups is 1. The van der Waals surface area contributed by atoms with Crippen molar-refractivity contribution in [3.8, 4) is 0 Å². The maximum atomic E-state index is 12.9. The molecule has 0 aliphatic rings. The van der Waals surface area contributed by atoms with Crippen LogP contribution >= 0.6 is 15.6 Å². The van der Waals surface area contributed by atoms with Gasteiger partial charge in [0.1, 0.15) is 19.3 Å². The summed E-state index contributed by atoms with van der Waals surface area (Å²) in [5.74, 6) is -2.17. The molecule has 0 aliphatic heterocycles. The average molecular weight is 1140 g/mol. The van der Waals surface area contributed by atoms with Gasteiger partial charge in [-0.05, 0) is 25.7 Å². The number of phosphoric ester groups is 2. The molecule has 0 saturated carbocycles. The van der Waals surface area contributed by atoms with E-state index in [0.29, 0.717) is 25.7 Å². The van der Waals surface area contributed by atoms with Crippen LogP contribution in [0, 0.1) is 0 Å². The summed E-state index contributed by atoms with van der Waals surface area (Å²) in [7, 11) is -9.85. The number of hydrogen-bond acceptors (Lipinski definition) is 15. The average Bonchev–Trinajstić information content (AvgIpc) is 3.40. The monoisotopic (exact) mass is 1140 g/mol. The minimum atomic E-state index is -4.93. The number of phosphoric acid groups is 2. The molecule has 0 aromatic rings. The number of carbonyl (C=O) groups is 4. The summed E-state index contributed by atoms with van der Waals surface area (Å²) in [5.41, 5.74) is 0. The van der Waals surface area contributed by atoms with E-state index in [2.05, 4.69) is 20.8 Å². The van der Waals surface area contributed by atoms with Gasteiger partial charge in [-0.3, -0.25) is 37.3 Å². The lowest BCUT2D eigenvalue weighted by molar-refractivity contribution is -0.161. The normalized spacial score (nSPS) is 14.3. The van der Waals surface area contributed by atoms with E-state index in [-0.39, 0.29) is 25.7 Å². The third-order valence-corrected chi connectivity index (χ3v) is 15.3. The molecule has 0 heterocycles. The topological polar surface area (TPSA) is 237 Å². The summed E-state index contributed by atoms with van der Waals surface area (Å²) in [6, 6.07) is 0. The molecule has 0 aliphatic carbocycles. The summed E-state index contributed by atoms with van der Waals surface area (Å²) in [6.45, 7) is 4.64. The zero-order valence-corrected chi connectivity index (χ0v) is 50.7. The highest BCUT2D eigenvalue weighted by molar-refractivity contribution is 7.47. The molecule has 0 spiro atoms. The van der Waals surface area contributed by atoms with Gasteiger partial charge in [0.05, 0.1) is 26.4 Å². The van der Waals surface area contributed by atoms with Crippen molar-refractivity contribution in [3.05, 3.63) is 0 Å². The van der Waals surface area contributed by atoms with Crippen molar-refractivity contribution < 1.29 is 80.2 Å². The van der Waals surface area contributed by atoms with E-state index >= 15 is 0 Å². The molecule has 0 fully saturated rings. The van der Waals surface area contributed by atoms with Crippen molar-refractivity contribution in [2.45, 2.75) is 309 Å². The maximum Gasteiger partial charge on any atom is 0.472 e. The van der Waals surface area contributed by atoms with E-state index in [1.54, 1.807) is 0 Å². The number of hydrogen-bond donors (Lipinski definition) is 3. The summed E-state index contributed by atoms with van der Waals surface area (Å²) >= 11 is 0. The number of carbonyl (C=O) groups excluding carboxylic acids is 4. The molecular formula is C58H112O17P2. The Morgan fingerprint density at radius 3 is 0.792 bits per heavy atom. The fraction of sp³-hybridized carbons (Fsp3) is 0.931. The van der Waals surface area contributed by atoms with Gasteiger partial charge in [-0.15, -0.1) is 0 Å². The number of ether oxygens (including phenoxy) is 4. The fourth-order valence-corrected chi connectivity index (χ4v) is 10.2. The molecule has 17 nitrogen and oxygen atoms in total. The standard InChI is InChI=1S/C58H112O17P2/c1-5-9-13-16-19-22-24-25-26-27-29-30-33-35-39-43-56(61)69-49-54(75-58(63)45-41-37-34-31-28-23-20-17-14-10-6-2)51-73-77(66,67)71-47-52(59)46-70-76(64,65)72-50-53(48-68-55(60)42-38-12-8-4)74-57(62)44-40-36-32-21-18-15-11-7-3/h52-54,59H,5-51H2,1-4H3,(H,64,65)(H,66,67)/t52-,53+,54+/m0/s1. The van der Waals surface area contributed by atoms with E-state index in [4.69, 9.17) is 37.0 Å². The molecule has 0 amide bonds. The first-order valence-electron chi connectivity index (χ1n) is 30.8. The van der Waals surface area contributed by atoms with Gasteiger partial charge in [-0.2, -0.15) is 0 Å². The molecule has 77 heavy (non-hydrogen) atoms. The quantitative estimate of drug-likeness (QED) is 0.0222. The third kappa shape index (κ3) is 53.2. The van der Waals surface area contributed by atoms with Crippen LogP contribution < -0.4 is 0 Å². The van der Waals surface area contributed by atoms with Gasteiger partial charge in [0.2, 0.25) is 0 Å². The first-order chi connectivity index (χ1) is 37.2. The first kappa shape index (κ1) is 75.1. The number of aliphatic hydroxyl groups excluding tert-OH is 1. The molecule has 2 unspecified atom stereocenters. The Labute approximate surface area is 467 Å². The van der Waals surface area contributed by atoms with E-state index in [1.165, 1.54) is 122 Å². The van der Waals surface area contributed by atoms with Crippen molar-refractivity contribution in [3.63, 3.8) is 0 Å². The molecular weight excluding hydrogens is 1030 g/mol. The molecule has 3 N–H and O–H groups in total. The van der Waals surface area contributed by atoms with Gasteiger partial charge >= 0.3 is 39.5 Å². The molecule has 0 radical (unpaired) electrons. The van der Waals surface area contributed by atoms with Crippen LogP contribution in [-0.2, 0) is 65.4 Å². The minimum absolute atomic E-state index is 0.103. The molecule has 456 valence electrons. The van der Waals surface area contributed by atoms with Crippen molar-refractivity contribution in [1.82, 2.24) is 0 Å². The van der Waals surface area contributed by atoms with Crippen LogP contribution in [0.25, 0.3) is 0 Å².